The summed E-state index contributed by atoms with van der Waals surface area (Å²) in [7, 11) is 0. The Morgan fingerprint density at radius 1 is 0.980 bits per heavy atom. The first-order valence-corrected chi connectivity index (χ1v) is 18.6. The lowest BCUT2D eigenvalue weighted by molar-refractivity contribution is -0.175. The molecule has 7 aliphatic rings. The van der Waals surface area contributed by atoms with Crippen molar-refractivity contribution in [2.24, 2.45) is 33.5 Å². The van der Waals surface area contributed by atoms with Crippen molar-refractivity contribution in [3.05, 3.63) is 83.9 Å². The van der Waals surface area contributed by atoms with Crippen LogP contribution in [0.1, 0.15) is 101 Å². The highest BCUT2D eigenvalue weighted by molar-refractivity contribution is 6.08. The van der Waals surface area contributed by atoms with Gasteiger partial charge in [0, 0.05) is 35.0 Å². The largest absolute Gasteiger partial charge is 0.461 e. The lowest BCUT2D eigenvalue weighted by Crippen LogP contribution is -2.67. The summed E-state index contributed by atoms with van der Waals surface area (Å²) in [5, 5.41) is 27.2. The van der Waals surface area contributed by atoms with Crippen molar-refractivity contribution in [2.75, 3.05) is 19.7 Å². The zero-order chi connectivity index (χ0) is 34.2. The number of allylic oxidation sites excluding steroid dienone is 4. The predicted octanol–water partition coefficient (Wildman–Crippen LogP) is 7.01. The smallest absolute Gasteiger partial charge is 0.318 e. The molecule has 1 aromatic carbocycles. The van der Waals surface area contributed by atoms with Gasteiger partial charge in [0.05, 0.1) is 36.7 Å². The topological polar surface area (TPSA) is 112 Å². The van der Waals surface area contributed by atoms with Crippen LogP contribution in [0.2, 0.25) is 0 Å². The van der Waals surface area contributed by atoms with Gasteiger partial charge in [-0.3, -0.25) is 4.79 Å². The third kappa shape index (κ3) is 4.80. The van der Waals surface area contributed by atoms with Gasteiger partial charge in [-0.2, -0.15) is 0 Å². The van der Waals surface area contributed by atoms with E-state index >= 15 is 0 Å². The fourth-order valence-corrected chi connectivity index (χ4v) is 11.8. The Hall–Kier alpha value is -3.20. The van der Waals surface area contributed by atoms with Gasteiger partial charge in [0.1, 0.15) is 0 Å². The van der Waals surface area contributed by atoms with E-state index in [1.54, 1.807) is 18.4 Å². The Morgan fingerprint density at radius 3 is 2.47 bits per heavy atom. The summed E-state index contributed by atoms with van der Waals surface area (Å²) in [5.41, 5.74) is -1.02. The third-order valence-corrected chi connectivity index (χ3v) is 14.5. The molecule has 49 heavy (non-hydrogen) atoms. The monoisotopic (exact) mass is 668 g/mol. The van der Waals surface area contributed by atoms with E-state index in [2.05, 4.69) is 37.4 Å². The van der Waals surface area contributed by atoms with Crippen molar-refractivity contribution in [2.45, 2.75) is 102 Å². The number of aliphatic hydroxyl groups is 2. The quantitative estimate of drug-likeness (QED) is 0.206. The van der Waals surface area contributed by atoms with Crippen LogP contribution in [0.4, 0.5) is 4.79 Å². The third-order valence-electron chi connectivity index (χ3n) is 14.5. The summed E-state index contributed by atoms with van der Waals surface area (Å²) in [6, 6.07) is 13.1. The molecule has 10 atom stereocenters. The summed E-state index contributed by atoms with van der Waals surface area (Å²) < 4.78 is 11.7. The second-order valence-corrected chi connectivity index (χ2v) is 16.7. The molecule has 0 radical (unpaired) electrons. The number of ether oxygens (including phenoxy) is 1. The molecular weight excluding hydrogens is 616 g/mol. The lowest BCUT2D eigenvalue weighted by Gasteiger charge is -2.71. The molecule has 3 saturated carbocycles. The molecule has 1 saturated heterocycles. The number of amides is 2. The predicted molar refractivity (Wildman–Crippen MR) is 186 cm³/mol. The first kappa shape index (κ1) is 33.0. The minimum Gasteiger partial charge on any atom is -0.461 e. The Kier molecular flexibility index (Phi) is 7.86. The van der Waals surface area contributed by atoms with Crippen LogP contribution < -0.4 is 5.32 Å². The number of benzene rings is 1. The second-order valence-electron chi connectivity index (χ2n) is 16.7. The van der Waals surface area contributed by atoms with Crippen LogP contribution in [0.15, 0.2) is 76.9 Å². The van der Waals surface area contributed by atoms with E-state index in [0.717, 1.165) is 56.1 Å². The molecule has 2 heterocycles. The number of fused-ring (bicyclic) bond motifs is 1. The zero-order valence-electron chi connectivity index (χ0n) is 29.2. The number of Topliss-reactive ketones (excluding diaryl/α,β-unsaturated/α-hetero) is 1. The van der Waals surface area contributed by atoms with Crippen LogP contribution in [-0.2, 0) is 4.74 Å². The fraction of sp³-hybridized carbons (Fsp3) is 0.610. The van der Waals surface area contributed by atoms with Crippen LogP contribution in [0, 0.1) is 33.5 Å². The molecule has 3 N–H and O–H groups in total. The number of carbonyl (C=O) groups is 2. The highest BCUT2D eigenvalue weighted by Gasteiger charge is 2.74. The number of carbonyl (C=O) groups excluding carboxylic acids is 2. The second kappa shape index (κ2) is 11.7. The van der Waals surface area contributed by atoms with E-state index in [1.165, 1.54) is 0 Å². The SMILES string of the molecule is CC(NC(=O)N(CC1CCCO1)CC1(O)CCC2C34C=CC5(C=C3C(=O)c3ccco3)CC(O)CCC5(C)C4CCC21C)c1ccccc1. The normalized spacial score (nSPS) is 41.0. The van der Waals surface area contributed by atoms with E-state index in [9.17, 15) is 19.8 Å². The van der Waals surface area contributed by atoms with Crippen molar-refractivity contribution in [3.63, 3.8) is 0 Å². The van der Waals surface area contributed by atoms with Gasteiger partial charge in [-0.05, 0) is 99.7 Å². The van der Waals surface area contributed by atoms with E-state index in [4.69, 9.17) is 9.15 Å². The number of hydrogen-bond acceptors (Lipinski definition) is 6. The minimum absolute atomic E-state index is 0.0111. The number of rotatable bonds is 8. The van der Waals surface area contributed by atoms with E-state index in [1.807, 2.05) is 42.2 Å². The molecule has 6 aliphatic carbocycles. The van der Waals surface area contributed by atoms with Gasteiger partial charge < -0.3 is 29.6 Å². The average Bonchev–Trinajstić information content (AvgIpc) is 3.87. The van der Waals surface area contributed by atoms with Gasteiger partial charge in [0.2, 0.25) is 5.78 Å². The number of aliphatic hydroxyl groups excluding tert-OH is 1. The van der Waals surface area contributed by atoms with E-state index < -0.39 is 27.9 Å². The van der Waals surface area contributed by atoms with E-state index in [-0.39, 0.29) is 47.8 Å². The van der Waals surface area contributed by atoms with Crippen molar-refractivity contribution in [3.8, 4) is 0 Å². The maximum atomic E-state index is 14.5. The Balaban J connectivity index is 1.15. The molecular formula is C41H52N2O6. The van der Waals surface area contributed by atoms with Gasteiger partial charge in [0.25, 0.3) is 0 Å². The lowest BCUT2D eigenvalue weighted by atomic mass is 9.32. The van der Waals surface area contributed by atoms with Gasteiger partial charge >= 0.3 is 6.03 Å². The number of hydrogen-bond donors (Lipinski definition) is 3. The number of furan rings is 1. The van der Waals surface area contributed by atoms with Crippen LogP contribution in [0.5, 0.6) is 0 Å². The van der Waals surface area contributed by atoms with Gasteiger partial charge in [0.15, 0.2) is 5.76 Å². The van der Waals surface area contributed by atoms with Crippen molar-refractivity contribution < 1.29 is 29.0 Å². The summed E-state index contributed by atoms with van der Waals surface area (Å²) in [5.74, 6) is 0.426. The molecule has 4 fully saturated rings. The average molecular weight is 669 g/mol. The molecule has 1 aliphatic heterocycles. The fourth-order valence-electron chi connectivity index (χ4n) is 11.8. The molecule has 2 amide bonds. The zero-order valence-corrected chi connectivity index (χ0v) is 29.2. The maximum absolute atomic E-state index is 14.5. The minimum atomic E-state index is -1.16. The summed E-state index contributed by atoms with van der Waals surface area (Å²) in [6.45, 7) is 7.92. The van der Waals surface area contributed by atoms with Crippen LogP contribution in [-0.4, -0.2) is 64.4 Å². The molecule has 2 aromatic rings. The van der Waals surface area contributed by atoms with Gasteiger partial charge in [-0.25, -0.2) is 4.79 Å². The molecule has 1 aromatic heterocycles. The van der Waals surface area contributed by atoms with Gasteiger partial charge in [-0.15, -0.1) is 0 Å². The number of nitrogens with one attached hydrogen (secondary N) is 1. The molecule has 10 unspecified atom stereocenters. The Morgan fingerprint density at radius 2 is 1.73 bits per heavy atom. The summed E-state index contributed by atoms with van der Waals surface area (Å²) in [4.78, 5) is 30.4. The molecule has 2 bridgehead atoms. The summed E-state index contributed by atoms with van der Waals surface area (Å²) in [6.07, 6.45) is 15.0. The molecule has 262 valence electrons. The van der Waals surface area contributed by atoms with Crippen molar-refractivity contribution in [1.29, 1.82) is 0 Å². The molecule has 8 nitrogen and oxygen atoms in total. The van der Waals surface area contributed by atoms with Crippen LogP contribution in [0.3, 0.4) is 0 Å². The number of urea groups is 1. The highest BCUT2D eigenvalue weighted by Crippen LogP contribution is 2.78. The van der Waals surface area contributed by atoms with Gasteiger partial charge in [-0.1, -0.05) is 62.4 Å². The highest BCUT2D eigenvalue weighted by atomic mass is 16.5. The number of nitrogens with zero attached hydrogens (tertiary/aromatic N) is 1. The Bertz CT molecular complexity index is 1650. The molecule has 2 spiro atoms. The standard InChI is InChI=1S/C41H52N2O6/c1-27(28-9-5-4-6-10-28)42-36(46)43(25-30-11-7-21-48-30)26-40(47)18-15-34-38(40,3)17-14-33-37(2)16-13-29(44)23-39(37)19-20-41(33,34)31(24-39)35(45)32-12-8-22-49-32/h4-6,8-10,12,19-20,22,24,27,29-30,33-34,44,47H,7,11,13-18,21,23,25-26H2,1-3H3,(H,42,46). The van der Waals surface area contributed by atoms with Crippen LogP contribution >= 0.6 is 0 Å². The van der Waals surface area contributed by atoms with Crippen molar-refractivity contribution >= 4 is 11.8 Å². The molecule has 8 heteroatoms. The number of ketones is 1. The van der Waals surface area contributed by atoms with Crippen LogP contribution in [0.25, 0.3) is 0 Å². The summed E-state index contributed by atoms with van der Waals surface area (Å²) >= 11 is 0. The van der Waals surface area contributed by atoms with Crippen molar-refractivity contribution in [1.82, 2.24) is 10.2 Å². The maximum Gasteiger partial charge on any atom is 0.318 e. The first-order valence-electron chi connectivity index (χ1n) is 18.6. The van der Waals surface area contributed by atoms with E-state index in [0.29, 0.717) is 31.8 Å². The first-order chi connectivity index (χ1) is 23.4. The molecule has 9 rings (SSSR count). The Labute approximate surface area is 290 Å².